The third kappa shape index (κ3) is 3.06. The summed E-state index contributed by atoms with van der Waals surface area (Å²) in [5.74, 6) is -0.348. The van der Waals surface area contributed by atoms with E-state index < -0.39 is 0 Å². The SMILES string of the molecule is O=Cc1cc(F)cc(SC2CCOCC2)c1. The topological polar surface area (TPSA) is 26.3 Å². The molecule has 86 valence electrons. The molecule has 1 heterocycles. The predicted octanol–water partition coefficient (Wildman–Crippen LogP) is 2.91. The maximum Gasteiger partial charge on any atom is 0.150 e. The molecule has 1 saturated heterocycles. The highest BCUT2D eigenvalue weighted by molar-refractivity contribution is 8.00. The summed E-state index contributed by atoms with van der Waals surface area (Å²) >= 11 is 1.63. The molecular weight excluding hydrogens is 227 g/mol. The lowest BCUT2D eigenvalue weighted by atomic mass is 10.2. The second kappa shape index (κ2) is 5.46. The molecule has 0 N–H and O–H groups in total. The highest BCUT2D eigenvalue weighted by atomic mass is 32.2. The van der Waals surface area contributed by atoms with E-state index in [1.165, 1.54) is 12.1 Å². The molecular formula is C12H13FO2S. The number of carbonyl (C=O) groups is 1. The Kier molecular flexibility index (Phi) is 3.96. The molecule has 0 bridgehead atoms. The van der Waals surface area contributed by atoms with Crippen molar-refractivity contribution in [3.63, 3.8) is 0 Å². The minimum Gasteiger partial charge on any atom is -0.381 e. The predicted molar refractivity (Wildman–Crippen MR) is 61.5 cm³/mol. The maximum absolute atomic E-state index is 13.2. The highest BCUT2D eigenvalue weighted by Crippen LogP contribution is 2.30. The molecule has 0 radical (unpaired) electrons. The van der Waals surface area contributed by atoms with Gasteiger partial charge < -0.3 is 4.74 Å². The van der Waals surface area contributed by atoms with Crippen molar-refractivity contribution in [2.75, 3.05) is 13.2 Å². The van der Waals surface area contributed by atoms with Crippen molar-refractivity contribution in [3.05, 3.63) is 29.6 Å². The summed E-state index contributed by atoms with van der Waals surface area (Å²) in [6.07, 6.45) is 2.65. The van der Waals surface area contributed by atoms with E-state index in [9.17, 15) is 9.18 Å². The van der Waals surface area contributed by atoms with E-state index in [1.807, 2.05) is 0 Å². The number of halogens is 1. The number of aldehydes is 1. The van der Waals surface area contributed by atoms with Crippen LogP contribution >= 0.6 is 11.8 Å². The third-order valence-electron chi connectivity index (χ3n) is 2.50. The van der Waals surface area contributed by atoms with E-state index in [2.05, 4.69) is 0 Å². The first-order chi connectivity index (χ1) is 7.78. The van der Waals surface area contributed by atoms with Gasteiger partial charge in [-0.3, -0.25) is 4.79 Å². The van der Waals surface area contributed by atoms with Gasteiger partial charge in [0.25, 0.3) is 0 Å². The van der Waals surface area contributed by atoms with Crippen LogP contribution < -0.4 is 0 Å². The van der Waals surface area contributed by atoms with Gasteiger partial charge in [0.15, 0.2) is 0 Å². The summed E-state index contributed by atoms with van der Waals surface area (Å²) in [4.78, 5) is 11.4. The van der Waals surface area contributed by atoms with Crippen LogP contribution in [0.3, 0.4) is 0 Å². The average molecular weight is 240 g/mol. The van der Waals surface area contributed by atoms with E-state index in [4.69, 9.17) is 4.74 Å². The first kappa shape index (κ1) is 11.6. The van der Waals surface area contributed by atoms with Crippen LogP contribution in [0, 0.1) is 5.82 Å². The molecule has 1 aromatic carbocycles. The Balaban J connectivity index is 2.07. The number of hydrogen-bond acceptors (Lipinski definition) is 3. The van der Waals surface area contributed by atoms with E-state index in [1.54, 1.807) is 17.8 Å². The van der Waals surface area contributed by atoms with Crippen LogP contribution in [0.5, 0.6) is 0 Å². The van der Waals surface area contributed by atoms with Crippen molar-refractivity contribution in [3.8, 4) is 0 Å². The summed E-state index contributed by atoms with van der Waals surface area (Å²) < 4.78 is 18.4. The van der Waals surface area contributed by atoms with Crippen molar-refractivity contribution >= 4 is 18.0 Å². The molecule has 2 rings (SSSR count). The first-order valence-corrected chi connectivity index (χ1v) is 6.16. The fraction of sp³-hybridized carbons (Fsp3) is 0.417. The number of hydrogen-bond donors (Lipinski definition) is 0. The summed E-state index contributed by atoms with van der Waals surface area (Å²) in [6.45, 7) is 1.54. The maximum atomic E-state index is 13.2. The van der Waals surface area contributed by atoms with Crippen LogP contribution in [0.25, 0.3) is 0 Å². The molecule has 1 aromatic rings. The second-order valence-corrected chi connectivity index (χ2v) is 5.14. The summed E-state index contributed by atoms with van der Waals surface area (Å²) in [6, 6.07) is 4.46. The van der Waals surface area contributed by atoms with Crippen molar-refractivity contribution in [2.24, 2.45) is 0 Å². The highest BCUT2D eigenvalue weighted by Gasteiger charge is 2.15. The van der Waals surface area contributed by atoms with Crippen LogP contribution in [0.1, 0.15) is 23.2 Å². The van der Waals surface area contributed by atoms with Crippen LogP contribution in [0.4, 0.5) is 4.39 Å². The van der Waals surface area contributed by atoms with Gasteiger partial charge in [-0.25, -0.2) is 4.39 Å². The summed E-state index contributed by atoms with van der Waals surface area (Å²) in [5.41, 5.74) is 0.398. The Labute approximate surface area is 98.2 Å². The number of ether oxygens (including phenoxy) is 1. The van der Waals surface area contributed by atoms with Gasteiger partial charge in [0, 0.05) is 28.9 Å². The van der Waals surface area contributed by atoms with Gasteiger partial charge in [0.05, 0.1) is 0 Å². The van der Waals surface area contributed by atoms with Crippen LogP contribution in [0.2, 0.25) is 0 Å². The largest absolute Gasteiger partial charge is 0.381 e. The molecule has 16 heavy (non-hydrogen) atoms. The number of carbonyl (C=O) groups excluding carboxylic acids is 1. The standard InChI is InChI=1S/C12H13FO2S/c13-10-5-9(8-14)6-12(7-10)16-11-1-3-15-4-2-11/h5-8,11H,1-4H2. The molecule has 0 spiro atoms. The minimum atomic E-state index is -0.348. The fourth-order valence-electron chi connectivity index (χ4n) is 1.71. The lowest BCUT2D eigenvalue weighted by Crippen LogP contribution is -2.17. The van der Waals surface area contributed by atoms with Crippen LogP contribution in [-0.2, 0) is 4.74 Å². The molecule has 0 aliphatic carbocycles. The van der Waals surface area contributed by atoms with Crippen LogP contribution in [0.15, 0.2) is 23.1 Å². The van der Waals surface area contributed by atoms with Crippen molar-refractivity contribution in [1.82, 2.24) is 0 Å². The molecule has 0 amide bonds. The molecule has 4 heteroatoms. The van der Waals surface area contributed by atoms with Crippen LogP contribution in [-0.4, -0.2) is 24.7 Å². The van der Waals surface area contributed by atoms with Crippen molar-refractivity contribution < 1.29 is 13.9 Å². The lowest BCUT2D eigenvalue weighted by molar-refractivity contribution is 0.1000. The lowest BCUT2D eigenvalue weighted by Gasteiger charge is -2.21. The molecule has 1 aliphatic rings. The van der Waals surface area contributed by atoms with E-state index in [0.717, 1.165) is 31.0 Å². The molecule has 1 fully saturated rings. The Morgan fingerprint density at radius 1 is 1.31 bits per heavy atom. The van der Waals surface area contributed by atoms with E-state index in [0.29, 0.717) is 17.1 Å². The molecule has 2 nitrogen and oxygen atoms in total. The van der Waals surface area contributed by atoms with Gasteiger partial charge in [-0.15, -0.1) is 11.8 Å². The third-order valence-corrected chi connectivity index (χ3v) is 3.81. The zero-order chi connectivity index (χ0) is 11.4. The zero-order valence-corrected chi connectivity index (χ0v) is 9.63. The number of thioether (sulfide) groups is 1. The number of benzene rings is 1. The van der Waals surface area contributed by atoms with Crippen molar-refractivity contribution in [2.45, 2.75) is 23.0 Å². The Morgan fingerprint density at radius 3 is 2.75 bits per heavy atom. The molecule has 0 saturated carbocycles. The Morgan fingerprint density at radius 2 is 2.06 bits per heavy atom. The van der Waals surface area contributed by atoms with Gasteiger partial charge >= 0.3 is 0 Å². The summed E-state index contributed by atoms with van der Waals surface area (Å²) in [5, 5.41) is 0.468. The molecule has 0 aromatic heterocycles. The average Bonchev–Trinajstić information content (AvgIpc) is 2.29. The van der Waals surface area contributed by atoms with Gasteiger partial charge in [-0.2, -0.15) is 0 Å². The Hall–Kier alpha value is -0.870. The molecule has 0 atom stereocenters. The molecule has 1 aliphatic heterocycles. The van der Waals surface area contributed by atoms with Gasteiger partial charge in [-0.05, 0) is 31.0 Å². The number of rotatable bonds is 3. The first-order valence-electron chi connectivity index (χ1n) is 5.28. The van der Waals surface area contributed by atoms with E-state index in [-0.39, 0.29) is 5.82 Å². The normalized spacial score (nSPS) is 17.3. The minimum absolute atomic E-state index is 0.348. The van der Waals surface area contributed by atoms with Gasteiger partial charge in [0.1, 0.15) is 12.1 Å². The van der Waals surface area contributed by atoms with Gasteiger partial charge in [0.2, 0.25) is 0 Å². The zero-order valence-electron chi connectivity index (χ0n) is 8.82. The van der Waals surface area contributed by atoms with Crippen molar-refractivity contribution in [1.29, 1.82) is 0 Å². The quantitative estimate of drug-likeness (QED) is 0.760. The van der Waals surface area contributed by atoms with Gasteiger partial charge in [-0.1, -0.05) is 0 Å². The second-order valence-electron chi connectivity index (χ2n) is 3.77. The molecule has 0 unspecified atom stereocenters. The van der Waals surface area contributed by atoms with E-state index >= 15 is 0 Å². The summed E-state index contributed by atoms with van der Waals surface area (Å²) in [7, 11) is 0. The Bertz CT molecular complexity index is 375. The monoisotopic (exact) mass is 240 g/mol. The fourth-order valence-corrected chi connectivity index (χ4v) is 2.90. The smallest absolute Gasteiger partial charge is 0.150 e.